The molecular weight excluding hydrogens is 338 g/mol. The van der Waals surface area contributed by atoms with Crippen LogP contribution in [0.2, 0.25) is 0 Å². The molecule has 144 valence electrons. The average Bonchev–Trinajstić information content (AvgIpc) is 2.89. The number of carbonyl (C=O) groups excluding carboxylic acids is 1. The van der Waals surface area contributed by atoms with Gasteiger partial charge in [0.2, 0.25) is 5.91 Å². The first-order valence-corrected chi connectivity index (χ1v) is 9.67. The number of piperidine rings is 1. The van der Waals surface area contributed by atoms with Crippen molar-refractivity contribution in [2.24, 2.45) is 0 Å². The summed E-state index contributed by atoms with van der Waals surface area (Å²) >= 11 is 0. The zero-order valence-corrected chi connectivity index (χ0v) is 15.3. The summed E-state index contributed by atoms with van der Waals surface area (Å²) in [6, 6.07) is 3.83. The third-order valence-electron chi connectivity index (χ3n) is 5.22. The Hall–Kier alpha value is -1.53. The Bertz CT molecular complexity index is 605. The molecule has 3 rings (SSSR count). The average molecular weight is 366 g/mol. The number of nitrogens with zero attached hydrogens (tertiary/aromatic N) is 2. The fourth-order valence-electron chi connectivity index (χ4n) is 3.77. The molecular formula is C20H28F2N2O2. The minimum Gasteiger partial charge on any atom is -0.375 e. The molecule has 26 heavy (non-hydrogen) atoms. The van der Waals surface area contributed by atoms with E-state index >= 15 is 0 Å². The molecule has 0 N–H and O–H groups in total. The maximum absolute atomic E-state index is 13.3. The normalized spacial score (nSPS) is 22.2. The van der Waals surface area contributed by atoms with Gasteiger partial charge in [0.25, 0.3) is 0 Å². The van der Waals surface area contributed by atoms with Gasteiger partial charge in [0.15, 0.2) is 11.6 Å². The molecule has 0 spiro atoms. The van der Waals surface area contributed by atoms with Gasteiger partial charge in [0.1, 0.15) is 0 Å². The first-order chi connectivity index (χ1) is 12.6. The van der Waals surface area contributed by atoms with Crippen LogP contribution in [0.25, 0.3) is 0 Å². The van der Waals surface area contributed by atoms with Gasteiger partial charge in [-0.1, -0.05) is 12.5 Å². The van der Waals surface area contributed by atoms with E-state index in [9.17, 15) is 13.6 Å². The van der Waals surface area contributed by atoms with Gasteiger partial charge >= 0.3 is 0 Å². The molecule has 1 aromatic carbocycles. The van der Waals surface area contributed by atoms with Crippen molar-refractivity contribution < 1.29 is 18.3 Å². The quantitative estimate of drug-likeness (QED) is 0.803. The number of ether oxygens (including phenoxy) is 1. The summed E-state index contributed by atoms with van der Waals surface area (Å²) < 4.78 is 32.2. The molecule has 2 fully saturated rings. The second-order valence-electron chi connectivity index (χ2n) is 7.30. The maximum Gasteiger partial charge on any atom is 0.222 e. The van der Waals surface area contributed by atoms with Gasteiger partial charge in [0, 0.05) is 32.7 Å². The van der Waals surface area contributed by atoms with Crippen molar-refractivity contribution in [1.82, 2.24) is 9.80 Å². The Morgan fingerprint density at radius 3 is 2.65 bits per heavy atom. The van der Waals surface area contributed by atoms with Crippen molar-refractivity contribution in [3.8, 4) is 0 Å². The van der Waals surface area contributed by atoms with Crippen molar-refractivity contribution in [2.45, 2.75) is 44.6 Å². The van der Waals surface area contributed by atoms with Crippen LogP contribution >= 0.6 is 0 Å². The van der Waals surface area contributed by atoms with E-state index in [0.29, 0.717) is 38.1 Å². The number of hydrogen-bond acceptors (Lipinski definition) is 3. The second kappa shape index (κ2) is 9.42. The zero-order chi connectivity index (χ0) is 18.4. The largest absolute Gasteiger partial charge is 0.375 e. The van der Waals surface area contributed by atoms with Gasteiger partial charge in [-0.3, -0.25) is 4.79 Å². The monoisotopic (exact) mass is 366 g/mol. The minimum absolute atomic E-state index is 0.0582. The lowest BCUT2D eigenvalue weighted by molar-refractivity contribution is -0.132. The van der Waals surface area contributed by atoms with E-state index in [4.69, 9.17) is 4.74 Å². The van der Waals surface area contributed by atoms with E-state index in [2.05, 4.69) is 4.90 Å². The highest BCUT2D eigenvalue weighted by Gasteiger charge is 2.24. The van der Waals surface area contributed by atoms with E-state index in [0.717, 1.165) is 32.1 Å². The minimum atomic E-state index is -0.861. The number of hydrogen-bond donors (Lipinski definition) is 0. The molecule has 0 aliphatic carbocycles. The fraction of sp³-hybridized carbons (Fsp3) is 0.650. The molecule has 0 bridgehead atoms. The lowest BCUT2D eigenvalue weighted by Gasteiger charge is -2.31. The van der Waals surface area contributed by atoms with Gasteiger partial charge in [0.05, 0.1) is 6.10 Å². The molecule has 2 heterocycles. The first kappa shape index (κ1) is 19.2. The molecule has 0 saturated carbocycles. The van der Waals surface area contributed by atoms with E-state index in [1.165, 1.54) is 31.4 Å². The summed E-state index contributed by atoms with van der Waals surface area (Å²) in [5, 5.41) is 0. The summed E-state index contributed by atoms with van der Waals surface area (Å²) in [7, 11) is 0. The summed E-state index contributed by atoms with van der Waals surface area (Å²) in [6.45, 7) is 5.12. The van der Waals surface area contributed by atoms with E-state index < -0.39 is 11.6 Å². The molecule has 2 aliphatic heterocycles. The Labute approximate surface area is 154 Å². The Balaban J connectivity index is 1.50. The number of carbonyl (C=O) groups is 1. The molecule has 0 radical (unpaired) electrons. The van der Waals surface area contributed by atoms with E-state index in [1.807, 2.05) is 4.90 Å². The maximum atomic E-state index is 13.3. The van der Waals surface area contributed by atoms with Crippen molar-refractivity contribution in [1.29, 1.82) is 0 Å². The van der Waals surface area contributed by atoms with Crippen LogP contribution in [0.3, 0.4) is 0 Å². The summed E-state index contributed by atoms with van der Waals surface area (Å²) in [5.41, 5.74) is 0.646. The van der Waals surface area contributed by atoms with Gasteiger partial charge < -0.3 is 14.5 Å². The third kappa shape index (κ3) is 5.48. The number of benzene rings is 1. The van der Waals surface area contributed by atoms with Crippen LogP contribution in [-0.4, -0.2) is 61.1 Å². The summed E-state index contributed by atoms with van der Waals surface area (Å²) in [5.74, 6) is -1.66. The lowest BCUT2D eigenvalue weighted by atomic mass is 10.1. The van der Waals surface area contributed by atoms with Crippen LogP contribution in [0.15, 0.2) is 18.2 Å². The van der Waals surface area contributed by atoms with Crippen LogP contribution < -0.4 is 0 Å². The van der Waals surface area contributed by atoms with Gasteiger partial charge in [-0.05, 0) is 56.5 Å². The van der Waals surface area contributed by atoms with Crippen molar-refractivity contribution in [2.75, 3.05) is 39.3 Å². The molecule has 0 aromatic heterocycles. The molecule has 1 atom stereocenters. The van der Waals surface area contributed by atoms with E-state index in [1.54, 1.807) is 0 Å². The standard InChI is InChI=1S/C20H28F2N2O2/c21-18-7-5-16(13-19(18)22)6-8-20(25)24-11-4-12-26-17(15-24)14-23-9-2-1-3-10-23/h5,7,13,17H,1-4,6,8-12,14-15H2/t17-/m0/s1. The molecule has 0 unspecified atom stereocenters. The number of likely N-dealkylation sites (tertiary alicyclic amines) is 1. The topological polar surface area (TPSA) is 32.8 Å². The summed E-state index contributed by atoms with van der Waals surface area (Å²) in [6.07, 6.45) is 5.41. The number of halogens is 2. The highest BCUT2D eigenvalue weighted by atomic mass is 19.2. The van der Waals surface area contributed by atoms with E-state index in [-0.39, 0.29) is 12.0 Å². The Morgan fingerprint density at radius 1 is 1.08 bits per heavy atom. The third-order valence-corrected chi connectivity index (χ3v) is 5.22. The second-order valence-corrected chi connectivity index (χ2v) is 7.30. The van der Waals surface area contributed by atoms with Crippen molar-refractivity contribution in [3.63, 3.8) is 0 Å². The fourth-order valence-corrected chi connectivity index (χ4v) is 3.77. The number of aryl methyl sites for hydroxylation is 1. The molecule has 2 aliphatic rings. The van der Waals surface area contributed by atoms with Crippen LogP contribution in [-0.2, 0) is 16.0 Å². The lowest BCUT2D eigenvalue weighted by Crippen LogP contribution is -2.43. The van der Waals surface area contributed by atoms with Gasteiger partial charge in [-0.25, -0.2) is 8.78 Å². The Kier molecular flexibility index (Phi) is 6.97. The SMILES string of the molecule is O=C(CCc1ccc(F)c(F)c1)N1CCCO[C@@H](CN2CCCCC2)C1. The highest BCUT2D eigenvalue weighted by Crippen LogP contribution is 2.15. The molecule has 2 saturated heterocycles. The van der Waals surface area contributed by atoms with Crippen LogP contribution in [0.4, 0.5) is 8.78 Å². The van der Waals surface area contributed by atoms with Gasteiger partial charge in [-0.2, -0.15) is 0 Å². The molecule has 6 heteroatoms. The zero-order valence-electron chi connectivity index (χ0n) is 15.3. The molecule has 1 amide bonds. The van der Waals surface area contributed by atoms with Crippen LogP contribution in [0.1, 0.15) is 37.7 Å². The van der Waals surface area contributed by atoms with Crippen molar-refractivity contribution >= 4 is 5.91 Å². The summed E-state index contributed by atoms with van der Waals surface area (Å²) in [4.78, 5) is 16.9. The van der Waals surface area contributed by atoms with Gasteiger partial charge in [-0.15, -0.1) is 0 Å². The predicted octanol–water partition coefficient (Wildman–Crippen LogP) is 3.00. The number of amides is 1. The molecule has 4 nitrogen and oxygen atoms in total. The smallest absolute Gasteiger partial charge is 0.222 e. The van der Waals surface area contributed by atoms with Crippen LogP contribution in [0, 0.1) is 11.6 Å². The number of rotatable bonds is 5. The van der Waals surface area contributed by atoms with Crippen molar-refractivity contribution in [3.05, 3.63) is 35.4 Å². The Morgan fingerprint density at radius 2 is 1.88 bits per heavy atom. The predicted molar refractivity (Wildman–Crippen MR) is 95.9 cm³/mol. The molecule has 1 aromatic rings. The highest BCUT2D eigenvalue weighted by molar-refractivity contribution is 5.76. The van der Waals surface area contributed by atoms with Crippen LogP contribution in [0.5, 0.6) is 0 Å². The first-order valence-electron chi connectivity index (χ1n) is 9.67.